The number of carbonyl (C=O) groups is 1. The molecule has 3 nitrogen and oxygen atoms in total. The summed E-state index contributed by atoms with van der Waals surface area (Å²) >= 11 is 0. The average Bonchev–Trinajstić information content (AvgIpc) is 3.39. The summed E-state index contributed by atoms with van der Waals surface area (Å²) in [6.07, 6.45) is 15.1. The van der Waals surface area contributed by atoms with Crippen molar-refractivity contribution in [1.82, 2.24) is 0 Å². The summed E-state index contributed by atoms with van der Waals surface area (Å²) < 4.78 is 5.92. The highest BCUT2D eigenvalue weighted by Gasteiger charge is 2.66. The van der Waals surface area contributed by atoms with Crippen LogP contribution in [0.1, 0.15) is 79.6 Å². The number of aliphatic hydroxyl groups is 1. The number of allylic oxidation sites excluding steroid dienone is 2. The quantitative estimate of drug-likeness (QED) is 0.609. The maximum absolute atomic E-state index is 12.2. The van der Waals surface area contributed by atoms with Gasteiger partial charge < -0.3 is 9.84 Å². The van der Waals surface area contributed by atoms with Crippen molar-refractivity contribution in [3.63, 3.8) is 0 Å². The van der Waals surface area contributed by atoms with Crippen molar-refractivity contribution in [3.8, 4) is 0 Å². The summed E-state index contributed by atoms with van der Waals surface area (Å²) in [7, 11) is 0. The molecular formula is C27H40O3. The number of ketones is 1. The van der Waals surface area contributed by atoms with E-state index in [1.54, 1.807) is 0 Å². The zero-order valence-corrected chi connectivity index (χ0v) is 19.5. The first-order valence-corrected chi connectivity index (χ1v) is 12.4. The van der Waals surface area contributed by atoms with Crippen LogP contribution in [0.5, 0.6) is 0 Å². The minimum atomic E-state index is -0.544. The van der Waals surface area contributed by atoms with E-state index in [-0.39, 0.29) is 23.4 Å². The van der Waals surface area contributed by atoms with Crippen LogP contribution in [0.15, 0.2) is 23.8 Å². The van der Waals surface area contributed by atoms with Crippen LogP contribution in [0.2, 0.25) is 0 Å². The smallest absolute Gasteiger partial charge is 0.187 e. The minimum absolute atomic E-state index is 0.0235. The van der Waals surface area contributed by atoms with Crippen molar-refractivity contribution < 1.29 is 14.6 Å². The van der Waals surface area contributed by atoms with Crippen molar-refractivity contribution in [2.45, 2.75) is 97.4 Å². The van der Waals surface area contributed by atoms with Gasteiger partial charge in [-0.15, -0.1) is 0 Å². The number of ether oxygens (including phenoxy) is 1. The number of hydrogen-bond donors (Lipinski definition) is 1. The fraction of sp³-hybridized carbons (Fsp3) is 0.815. The molecule has 2 saturated carbocycles. The normalized spacial score (nSPS) is 47.7. The van der Waals surface area contributed by atoms with Crippen molar-refractivity contribution in [1.29, 1.82) is 0 Å². The Bertz CT molecular complexity index is 788. The number of hydrogen-bond acceptors (Lipinski definition) is 3. The Morgan fingerprint density at radius 1 is 1.23 bits per heavy atom. The highest BCUT2D eigenvalue weighted by molar-refractivity contribution is 5.98. The van der Waals surface area contributed by atoms with Crippen LogP contribution in [0.4, 0.5) is 0 Å². The van der Waals surface area contributed by atoms with Gasteiger partial charge in [0, 0.05) is 5.41 Å². The Hall–Kier alpha value is -0.930. The maximum atomic E-state index is 12.2. The van der Waals surface area contributed by atoms with E-state index in [1.165, 1.54) is 37.7 Å². The summed E-state index contributed by atoms with van der Waals surface area (Å²) in [5.41, 5.74) is 1.13. The third-order valence-corrected chi connectivity index (χ3v) is 10.1. The van der Waals surface area contributed by atoms with Gasteiger partial charge in [0.25, 0.3) is 0 Å². The van der Waals surface area contributed by atoms with Gasteiger partial charge in [-0.3, -0.25) is 4.79 Å². The van der Waals surface area contributed by atoms with Crippen molar-refractivity contribution >= 4 is 5.78 Å². The number of epoxide rings is 1. The molecule has 1 saturated heterocycles. The van der Waals surface area contributed by atoms with E-state index in [0.29, 0.717) is 17.3 Å². The highest BCUT2D eigenvalue weighted by Crippen LogP contribution is 2.68. The second-order valence-electron chi connectivity index (χ2n) is 12.3. The third-order valence-electron chi connectivity index (χ3n) is 10.1. The van der Waals surface area contributed by atoms with Crippen LogP contribution in [0, 0.1) is 40.4 Å². The Labute approximate surface area is 182 Å². The summed E-state index contributed by atoms with van der Waals surface area (Å²) in [6.45, 7) is 11.3. The van der Waals surface area contributed by atoms with Crippen LogP contribution in [0.25, 0.3) is 0 Å². The van der Waals surface area contributed by atoms with E-state index in [1.807, 2.05) is 19.9 Å². The Kier molecular flexibility index (Phi) is 4.74. The minimum Gasteiger partial charge on any atom is -0.390 e. The molecular weight excluding hydrogens is 372 g/mol. The van der Waals surface area contributed by atoms with Crippen LogP contribution in [-0.4, -0.2) is 28.7 Å². The molecule has 9 atom stereocenters. The van der Waals surface area contributed by atoms with Crippen LogP contribution < -0.4 is 0 Å². The van der Waals surface area contributed by atoms with Gasteiger partial charge in [-0.25, -0.2) is 0 Å². The maximum Gasteiger partial charge on any atom is 0.187 e. The molecule has 3 fully saturated rings. The first-order valence-electron chi connectivity index (χ1n) is 12.4. The van der Waals surface area contributed by atoms with Gasteiger partial charge in [-0.1, -0.05) is 45.8 Å². The molecule has 4 aliphatic carbocycles. The lowest BCUT2D eigenvalue weighted by Gasteiger charge is -2.56. The second-order valence-corrected chi connectivity index (χ2v) is 12.3. The van der Waals surface area contributed by atoms with E-state index < -0.39 is 5.60 Å². The van der Waals surface area contributed by atoms with Crippen molar-refractivity contribution in [2.24, 2.45) is 40.4 Å². The van der Waals surface area contributed by atoms with Gasteiger partial charge in [-0.2, -0.15) is 0 Å². The Balaban J connectivity index is 1.35. The Morgan fingerprint density at radius 2 is 2.00 bits per heavy atom. The molecule has 0 aromatic carbocycles. The fourth-order valence-corrected chi connectivity index (χ4v) is 8.40. The zero-order chi connectivity index (χ0) is 21.5. The van der Waals surface area contributed by atoms with Gasteiger partial charge >= 0.3 is 0 Å². The topological polar surface area (TPSA) is 49.8 Å². The van der Waals surface area contributed by atoms with Gasteiger partial charge in [-0.05, 0) is 92.6 Å². The third kappa shape index (κ3) is 3.02. The average molecular weight is 413 g/mol. The first-order chi connectivity index (χ1) is 14.1. The molecule has 0 aromatic heterocycles. The molecule has 30 heavy (non-hydrogen) atoms. The Morgan fingerprint density at radius 3 is 2.73 bits per heavy atom. The number of fused-ring (bicyclic) bond motifs is 7. The van der Waals surface area contributed by atoms with E-state index in [9.17, 15) is 9.90 Å². The zero-order valence-electron chi connectivity index (χ0n) is 19.5. The molecule has 0 unspecified atom stereocenters. The molecule has 0 aromatic rings. The molecule has 3 heteroatoms. The molecule has 5 aliphatic rings. The van der Waals surface area contributed by atoms with E-state index in [2.05, 4.69) is 32.9 Å². The second kappa shape index (κ2) is 6.78. The summed E-state index contributed by atoms with van der Waals surface area (Å²) in [5.74, 6) is 3.68. The molecule has 0 radical (unpaired) electrons. The van der Waals surface area contributed by atoms with Crippen molar-refractivity contribution in [3.05, 3.63) is 23.8 Å². The fourth-order valence-electron chi connectivity index (χ4n) is 8.40. The van der Waals surface area contributed by atoms with E-state index >= 15 is 0 Å². The molecule has 0 amide bonds. The lowest BCUT2D eigenvalue weighted by Crippen LogP contribution is -2.51. The predicted octanol–water partition coefficient (Wildman–Crippen LogP) is 5.48. The molecule has 1 N–H and O–H groups in total. The van der Waals surface area contributed by atoms with E-state index in [0.717, 1.165) is 30.6 Å². The summed E-state index contributed by atoms with van der Waals surface area (Å²) in [5, 5.41) is 10.1. The molecule has 0 spiro atoms. The van der Waals surface area contributed by atoms with Crippen molar-refractivity contribution in [2.75, 3.05) is 0 Å². The van der Waals surface area contributed by atoms with Crippen LogP contribution >= 0.6 is 0 Å². The molecule has 1 aliphatic heterocycles. The molecule has 0 bridgehead atoms. The standard InChI is InChI=1S/C27H40O3/c1-16(7-6-13-25(2,3)29)19-10-11-20-18-9-8-17-15-22(28)23-24(30-23)27(17,5)21(18)12-14-26(19,20)4/h8-9,15-16,18-21,23-24,29H,6-7,10-14H2,1-5H3/t16-,18+,19-,20+,21+,23+,24+,26-,27+/m1/s1. The van der Waals surface area contributed by atoms with E-state index in [4.69, 9.17) is 4.74 Å². The van der Waals surface area contributed by atoms with Crippen LogP contribution in [-0.2, 0) is 9.53 Å². The summed E-state index contributed by atoms with van der Waals surface area (Å²) in [4.78, 5) is 12.2. The molecule has 166 valence electrons. The van der Waals surface area contributed by atoms with Crippen LogP contribution in [0.3, 0.4) is 0 Å². The molecule has 5 rings (SSSR count). The van der Waals surface area contributed by atoms with Gasteiger partial charge in [0.15, 0.2) is 5.78 Å². The molecule has 1 heterocycles. The summed E-state index contributed by atoms with van der Waals surface area (Å²) in [6, 6.07) is 0. The predicted molar refractivity (Wildman–Crippen MR) is 119 cm³/mol. The number of rotatable bonds is 5. The highest BCUT2D eigenvalue weighted by atomic mass is 16.6. The van der Waals surface area contributed by atoms with Gasteiger partial charge in [0.2, 0.25) is 0 Å². The number of carbonyl (C=O) groups excluding carboxylic acids is 1. The SMILES string of the molecule is C[C@H](CCCC(C)(C)O)[C@H]1CC[C@H]2[C@@H]3C=CC4=CC(=O)[C@@H]5O[C@@H]5[C@]4(C)[C@H]3CC[C@]12C. The lowest BCUT2D eigenvalue weighted by molar-refractivity contribution is -0.116. The van der Waals surface area contributed by atoms with Gasteiger partial charge in [0.05, 0.1) is 5.60 Å². The first kappa shape index (κ1) is 20.9. The monoisotopic (exact) mass is 412 g/mol. The van der Waals surface area contributed by atoms with Gasteiger partial charge in [0.1, 0.15) is 12.2 Å². The largest absolute Gasteiger partial charge is 0.390 e. The lowest BCUT2D eigenvalue weighted by atomic mass is 9.48.